The van der Waals surface area contributed by atoms with Crippen molar-refractivity contribution in [2.24, 2.45) is 0 Å². The van der Waals surface area contributed by atoms with E-state index in [1.165, 1.54) is 6.92 Å². The number of nitrogens with one attached hydrogen (secondary N) is 2. The van der Waals surface area contributed by atoms with Gasteiger partial charge in [-0.2, -0.15) is 10.2 Å². The summed E-state index contributed by atoms with van der Waals surface area (Å²) in [5, 5.41) is 22.5. The molecule has 2 heterocycles. The molecule has 0 spiro atoms. The zero-order valence-corrected chi connectivity index (χ0v) is 19.3. The lowest BCUT2D eigenvalue weighted by molar-refractivity contribution is -0.116. The lowest BCUT2D eigenvalue weighted by Gasteiger charge is -2.28. The molecule has 4 rings (SSSR count). The first-order valence-corrected chi connectivity index (χ1v) is 11.4. The highest BCUT2D eigenvalue weighted by Crippen LogP contribution is 2.40. The van der Waals surface area contributed by atoms with Crippen LogP contribution in [0.2, 0.25) is 0 Å². The lowest BCUT2D eigenvalue weighted by atomic mass is 9.78. The number of carbonyl (C=O) groups is 2. The minimum Gasteiger partial charge on any atom is -0.496 e. The van der Waals surface area contributed by atoms with Gasteiger partial charge in [0, 0.05) is 24.3 Å². The van der Waals surface area contributed by atoms with Crippen LogP contribution in [0.4, 0.5) is 11.6 Å². The maximum Gasteiger partial charge on any atom is 0.230 e. The summed E-state index contributed by atoms with van der Waals surface area (Å²) in [5.41, 5.74) is 2.65. The number of hydrogen-bond donors (Lipinski definition) is 2. The minimum absolute atomic E-state index is 0.169. The average molecular weight is 461 g/mol. The first kappa shape index (κ1) is 23.3. The molecule has 1 aliphatic rings. The summed E-state index contributed by atoms with van der Waals surface area (Å²) in [6.45, 7) is 1.44. The molecule has 0 radical (unpaired) electrons. The third-order valence-corrected chi connectivity index (χ3v) is 6.00. The summed E-state index contributed by atoms with van der Waals surface area (Å²) < 4.78 is 5.31. The van der Waals surface area contributed by atoms with E-state index in [9.17, 15) is 9.59 Å². The van der Waals surface area contributed by atoms with Crippen molar-refractivity contribution in [2.75, 3.05) is 17.7 Å². The Kier molecular flexibility index (Phi) is 7.41. The Morgan fingerprint density at radius 3 is 2.06 bits per heavy atom. The van der Waals surface area contributed by atoms with E-state index in [1.54, 1.807) is 19.2 Å². The van der Waals surface area contributed by atoms with Crippen LogP contribution in [0, 0.1) is 0 Å². The van der Waals surface area contributed by atoms with Crippen LogP contribution in [0.5, 0.6) is 5.75 Å². The predicted molar refractivity (Wildman–Crippen MR) is 128 cm³/mol. The molecular weight excluding hydrogens is 432 g/mol. The van der Waals surface area contributed by atoms with Gasteiger partial charge >= 0.3 is 0 Å². The maximum atomic E-state index is 12.4. The number of anilines is 2. The van der Waals surface area contributed by atoms with E-state index in [4.69, 9.17) is 4.74 Å². The van der Waals surface area contributed by atoms with Gasteiger partial charge < -0.3 is 15.4 Å². The molecular formula is C25H28N6O3. The Bertz CT molecular complexity index is 1130. The van der Waals surface area contributed by atoms with Gasteiger partial charge in [-0.15, -0.1) is 10.2 Å². The number of benzene rings is 1. The number of methoxy groups -OCH3 is 1. The second kappa shape index (κ2) is 10.8. The van der Waals surface area contributed by atoms with Gasteiger partial charge in [-0.05, 0) is 49.6 Å². The largest absolute Gasteiger partial charge is 0.496 e. The fraction of sp³-hybridized carbons (Fsp3) is 0.360. The highest BCUT2D eigenvalue weighted by atomic mass is 16.5. The summed E-state index contributed by atoms with van der Waals surface area (Å²) in [6, 6.07) is 14.9. The van der Waals surface area contributed by atoms with E-state index in [1.807, 2.05) is 36.4 Å². The molecule has 1 aromatic carbocycles. The molecule has 176 valence electrons. The fourth-order valence-electron chi connectivity index (χ4n) is 4.37. The van der Waals surface area contributed by atoms with E-state index in [2.05, 4.69) is 31.0 Å². The van der Waals surface area contributed by atoms with Crippen molar-refractivity contribution in [1.82, 2.24) is 20.4 Å². The molecule has 1 saturated carbocycles. The first-order valence-electron chi connectivity index (χ1n) is 11.4. The maximum absolute atomic E-state index is 12.4. The van der Waals surface area contributed by atoms with Gasteiger partial charge in [-0.3, -0.25) is 9.59 Å². The zero-order chi connectivity index (χ0) is 23.9. The lowest BCUT2D eigenvalue weighted by Crippen LogP contribution is -2.18. The number of hydrogen-bond acceptors (Lipinski definition) is 7. The van der Waals surface area contributed by atoms with Gasteiger partial charge in [-0.1, -0.05) is 24.6 Å². The average Bonchev–Trinajstić information content (AvgIpc) is 2.85. The molecule has 3 aromatic rings. The number of aromatic nitrogens is 4. The van der Waals surface area contributed by atoms with Crippen LogP contribution in [0.1, 0.15) is 61.4 Å². The van der Waals surface area contributed by atoms with Gasteiger partial charge in [0.2, 0.25) is 11.8 Å². The van der Waals surface area contributed by atoms with Gasteiger partial charge in [0.25, 0.3) is 0 Å². The number of nitrogens with zero attached hydrogens (tertiary/aromatic N) is 4. The Hall–Kier alpha value is -3.88. The summed E-state index contributed by atoms with van der Waals surface area (Å²) in [4.78, 5) is 23.6. The highest BCUT2D eigenvalue weighted by molar-refractivity contribution is 5.91. The number of ether oxygens (including phenoxy) is 1. The molecule has 34 heavy (non-hydrogen) atoms. The van der Waals surface area contributed by atoms with Crippen LogP contribution in [0.25, 0.3) is 0 Å². The van der Waals surface area contributed by atoms with Crippen molar-refractivity contribution in [2.45, 2.75) is 50.9 Å². The van der Waals surface area contributed by atoms with Crippen molar-refractivity contribution in [3.63, 3.8) is 0 Å². The molecule has 2 amide bonds. The number of rotatable bonds is 7. The second-order valence-electron chi connectivity index (χ2n) is 8.47. The zero-order valence-electron chi connectivity index (χ0n) is 19.3. The van der Waals surface area contributed by atoms with E-state index in [-0.39, 0.29) is 30.1 Å². The molecule has 2 aromatic heterocycles. The van der Waals surface area contributed by atoms with Crippen molar-refractivity contribution in [3.8, 4) is 5.75 Å². The number of amides is 2. The number of para-hydroxylation sites is 1. The second-order valence-corrected chi connectivity index (χ2v) is 8.47. The topological polar surface area (TPSA) is 119 Å². The van der Waals surface area contributed by atoms with Crippen LogP contribution < -0.4 is 15.4 Å². The van der Waals surface area contributed by atoms with Crippen molar-refractivity contribution < 1.29 is 14.3 Å². The smallest absolute Gasteiger partial charge is 0.230 e. The van der Waals surface area contributed by atoms with Gasteiger partial charge in [-0.25, -0.2) is 0 Å². The van der Waals surface area contributed by atoms with E-state index >= 15 is 0 Å². The van der Waals surface area contributed by atoms with Gasteiger partial charge in [0.1, 0.15) is 5.75 Å². The van der Waals surface area contributed by atoms with E-state index in [0.29, 0.717) is 17.4 Å². The van der Waals surface area contributed by atoms with Gasteiger partial charge in [0.15, 0.2) is 11.6 Å². The summed E-state index contributed by atoms with van der Waals surface area (Å²) >= 11 is 0. The Morgan fingerprint density at radius 2 is 1.50 bits per heavy atom. The van der Waals surface area contributed by atoms with Crippen molar-refractivity contribution >= 4 is 23.5 Å². The molecule has 2 N–H and O–H groups in total. The third kappa shape index (κ3) is 5.92. The fourth-order valence-corrected chi connectivity index (χ4v) is 4.37. The molecule has 1 fully saturated rings. The molecule has 2 unspecified atom stereocenters. The Labute approximate surface area is 198 Å². The van der Waals surface area contributed by atoms with Crippen LogP contribution in [0.15, 0.2) is 48.5 Å². The van der Waals surface area contributed by atoms with E-state index < -0.39 is 0 Å². The molecule has 9 heteroatoms. The SMILES string of the molecule is COc1ccccc1CC(=O)Nc1ccc(C2CCCC(c3ccc(NC(C)=O)nn3)C2)nn1. The molecule has 9 nitrogen and oxygen atoms in total. The molecule has 0 saturated heterocycles. The van der Waals surface area contributed by atoms with Crippen LogP contribution in [-0.2, 0) is 16.0 Å². The minimum atomic E-state index is -0.175. The molecule has 2 atom stereocenters. The summed E-state index contributed by atoms with van der Waals surface area (Å²) in [6.07, 6.45) is 4.22. The number of carbonyl (C=O) groups excluding carboxylic acids is 2. The van der Waals surface area contributed by atoms with E-state index in [0.717, 1.165) is 42.6 Å². The summed E-state index contributed by atoms with van der Waals surface area (Å²) in [7, 11) is 1.59. The molecule has 1 aliphatic carbocycles. The summed E-state index contributed by atoms with van der Waals surface area (Å²) in [5.74, 6) is 1.76. The third-order valence-electron chi connectivity index (χ3n) is 6.00. The Balaban J connectivity index is 1.35. The highest BCUT2D eigenvalue weighted by Gasteiger charge is 2.27. The quantitative estimate of drug-likeness (QED) is 0.549. The van der Waals surface area contributed by atoms with Crippen LogP contribution in [-0.4, -0.2) is 39.3 Å². The monoisotopic (exact) mass is 460 g/mol. The molecule has 0 aliphatic heterocycles. The van der Waals surface area contributed by atoms with Crippen molar-refractivity contribution in [3.05, 3.63) is 65.5 Å². The van der Waals surface area contributed by atoms with Crippen LogP contribution >= 0.6 is 0 Å². The van der Waals surface area contributed by atoms with Crippen LogP contribution in [0.3, 0.4) is 0 Å². The van der Waals surface area contributed by atoms with Gasteiger partial charge in [0.05, 0.1) is 24.9 Å². The first-order chi connectivity index (χ1) is 16.5. The molecule has 0 bridgehead atoms. The standard InChI is InChI=1S/C25H28N6O3/c1-16(32)26-23-12-10-20(28-30-23)17-7-5-8-18(14-17)21-11-13-24(31-29-21)27-25(33)15-19-6-3-4-9-22(19)34-2/h3-4,6,9-13,17-18H,5,7-8,14-15H2,1-2H3,(H,26,30,32)(H,27,31,33). The normalized spacial score (nSPS) is 17.6. The predicted octanol–water partition coefficient (Wildman–Crippen LogP) is 3.86. The Morgan fingerprint density at radius 1 is 0.882 bits per heavy atom. The van der Waals surface area contributed by atoms with Crippen molar-refractivity contribution in [1.29, 1.82) is 0 Å².